The zero-order chi connectivity index (χ0) is 27.6. The minimum atomic E-state index is -0.872. The van der Waals surface area contributed by atoms with Gasteiger partial charge >= 0.3 is 5.97 Å². The first kappa shape index (κ1) is 26.2. The van der Waals surface area contributed by atoms with Crippen molar-refractivity contribution < 1.29 is 14.7 Å². The second kappa shape index (κ2) is 11.2. The molecule has 4 aromatic rings. The number of nitrogens with zero attached hydrogens (tertiary/aromatic N) is 5. The first-order valence-electron chi connectivity index (χ1n) is 14.4. The molecular weight excluding hydrogens is 502 g/mol. The number of carbonyl (C=O) groups is 2. The molecule has 0 fully saturated rings. The lowest BCUT2D eigenvalue weighted by molar-refractivity contribution is -0.137. The molecule has 206 valence electrons. The minimum Gasteiger partial charge on any atom is -0.481 e. The van der Waals surface area contributed by atoms with Crippen LogP contribution in [0, 0.1) is 6.92 Å². The molecule has 8 heteroatoms. The van der Waals surface area contributed by atoms with Crippen LogP contribution in [0.2, 0.25) is 0 Å². The van der Waals surface area contributed by atoms with Gasteiger partial charge in [-0.05, 0) is 78.1 Å². The van der Waals surface area contributed by atoms with Gasteiger partial charge in [0.25, 0.3) is 5.91 Å². The highest BCUT2D eigenvalue weighted by Gasteiger charge is 2.26. The van der Waals surface area contributed by atoms with E-state index in [2.05, 4.69) is 34.6 Å². The normalized spacial score (nSPS) is 18.2. The number of aliphatic carboxylic acids is 1. The van der Waals surface area contributed by atoms with Gasteiger partial charge in [0.15, 0.2) is 5.65 Å². The first-order chi connectivity index (χ1) is 19.5. The van der Waals surface area contributed by atoms with E-state index >= 15 is 0 Å². The third-order valence-electron chi connectivity index (χ3n) is 8.55. The topological polar surface area (TPSA) is 101 Å². The highest BCUT2D eigenvalue weighted by Crippen LogP contribution is 2.34. The number of rotatable bonds is 2. The Labute approximate surface area is 234 Å². The SMILES string of the molecule is Cc1c2cnc3c1nnn3CCCCCCCc1ccc(cc1)C(=O)N1CCc3ccc(cc3C1)[C@H]2CC(=O)O. The molecule has 0 spiro atoms. The maximum atomic E-state index is 13.4. The van der Waals surface area contributed by atoms with E-state index in [0.717, 1.165) is 78.5 Å². The Morgan fingerprint density at radius 3 is 2.60 bits per heavy atom. The fourth-order valence-electron chi connectivity index (χ4n) is 6.21. The lowest BCUT2D eigenvalue weighted by atomic mass is 9.84. The van der Waals surface area contributed by atoms with Crippen LogP contribution in [0.25, 0.3) is 11.2 Å². The quantitative estimate of drug-likeness (QED) is 0.365. The molecule has 0 aliphatic carbocycles. The Kier molecular flexibility index (Phi) is 7.32. The Hall–Kier alpha value is -4.07. The first-order valence-corrected chi connectivity index (χ1v) is 14.4. The van der Waals surface area contributed by atoms with E-state index in [1.54, 1.807) is 6.20 Å². The predicted octanol–water partition coefficient (Wildman–Crippen LogP) is 5.45. The van der Waals surface area contributed by atoms with E-state index in [1.807, 2.05) is 34.7 Å². The van der Waals surface area contributed by atoms with Crippen molar-refractivity contribution in [1.82, 2.24) is 24.9 Å². The molecule has 0 unspecified atom stereocenters. The summed E-state index contributed by atoms with van der Waals surface area (Å²) in [6.07, 6.45) is 9.11. The number of amides is 1. The molecular formula is C32H35N5O3. The van der Waals surface area contributed by atoms with Crippen LogP contribution in [0.5, 0.6) is 0 Å². The van der Waals surface area contributed by atoms with Crippen LogP contribution in [0.1, 0.15) is 88.2 Å². The number of benzene rings is 2. The summed E-state index contributed by atoms with van der Waals surface area (Å²) in [5.74, 6) is -1.22. The Balaban J connectivity index is 1.39. The summed E-state index contributed by atoms with van der Waals surface area (Å²) in [5.41, 5.74) is 8.41. The van der Waals surface area contributed by atoms with Gasteiger partial charge in [0.2, 0.25) is 0 Å². The van der Waals surface area contributed by atoms with Gasteiger partial charge in [-0.25, -0.2) is 9.67 Å². The second-order valence-electron chi connectivity index (χ2n) is 11.2. The monoisotopic (exact) mass is 537 g/mol. The third kappa shape index (κ3) is 5.22. The Morgan fingerprint density at radius 2 is 1.77 bits per heavy atom. The van der Waals surface area contributed by atoms with Gasteiger partial charge in [0.1, 0.15) is 5.52 Å². The standard InChI is InChI=1S/C32H35N5O3/c1-21-28-19-33-31-30(21)34-35-37(31)15-6-4-2-3-5-7-22-8-10-24(11-9-22)32(40)36-16-14-23-12-13-25(17-26(23)20-36)27(28)18-29(38)39/h8-13,17,19,27H,2-7,14-16,18,20H2,1H3,(H,38,39)/t27-/m1/s1. The van der Waals surface area contributed by atoms with Gasteiger partial charge in [-0.2, -0.15) is 0 Å². The number of carbonyl (C=O) groups excluding carboxylic acids is 1. The molecule has 9 rings (SSSR count). The van der Waals surface area contributed by atoms with E-state index in [4.69, 9.17) is 4.98 Å². The van der Waals surface area contributed by atoms with E-state index in [9.17, 15) is 14.7 Å². The summed E-state index contributed by atoms with van der Waals surface area (Å²) in [5, 5.41) is 18.7. The molecule has 2 aromatic carbocycles. The zero-order valence-electron chi connectivity index (χ0n) is 23.0. The molecule has 0 radical (unpaired) electrons. The highest BCUT2D eigenvalue weighted by atomic mass is 16.4. The molecule has 1 N–H and O–H groups in total. The van der Waals surface area contributed by atoms with Gasteiger partial charge in [-0.1, -0.05) is 54.8 Å². The lowest BCUT2D eigenvalue weighted by Crippen LogP contribution is -2.36. The van der Waals surface area contributed by atoms with Crippen LogP contribution in [-0.4, -0.2) is 48.4 Å². The molecule has 7 heterocycles. The van der Waals surface area contributed by atoms with Crippen molar-refractivity contribution in [2.45, 2.75) is 77.3 Å². The zero-order valence-corrected chi connectivity index (χ0v) is 23.0. The second-order valence-corrected chi connectivity index (χ2v) is 11.2. The van der Waals surface area contributed by atoms with Crippen LogP contribution in [0.3, 0.4) is 0 Å². The fourth-order valence-corrected chi connectivity index (χ4v) is 6.21. The van der Waals surface area contributed by atoms with Crippen LogP contribution in [-0.2, 0) is 30.7 Å². The van der Waals surface area contributed by atoms with Crippen molar-refractivity contribution in [3.8, 4) is 0 Å². The fraction of sp³-hybridized carbons (Fsp3) is 0.406. The third-order valence-corrected chi connectivity index (χ3v) is 8.55. The largest absolute Gasteiger partial charge is 0.481 e. The molecule has 1 amide bonds. The number of carboxylic acid groups (broad SMARTS) is 1. The Bertz CT molecular complexity index is 1560. The smallest absolute Gasteiger partial charge is 0.304 e. The number of carboxylic acids is 1. The maximum absolute atomic E-state index is 13.4. The van der Waals surface area contributed by atoms with Gasteiger partial charge in [-0.15, -0.1) is 5.10 Å². The number of hydrogen-bond acceptors (Lipinski definition) is 5. The van der Waals surface area contributed by atoms with Crippen molar-refractivity contribution in [3.63, 3.8) is 0 Å². The number of aryl methyl sites for hydroxylation is 3. The molecule has 0 saturated heterocycles. The number of hydrogen-bond donors (Lipinski definition) is 1. The highest BCUT2D eigenvalue weighted by molar-refractivity contribution is 5.94. The van der Waals surface area contributed by atoms with Gasteiger partial charge < -0.3 is 10.0 Å². The van der Waals surface area contributed by atoms with Gasteiger partial charge in [-0.3, -0.25) is 9.59 Å². The number of pyridine rings is 1. The van der Waals surface area contributed by atoms with E-state index < -0.39 is 5.97 Å². The van der Waals surface area contributed by atoms with Crippen molar-refractivity contribution in [2.24, 2.45) is 0 Å². The van der Waals surface area contributed by atoms with E-state index in [0.29, 0.717) is 18.7 Å². The van der Waals surface area contributed by atoms with Crippen LogP contribution in [0.4, 0.5) is 0 Å². The minimum absolute atomic E-state index is 0.0386. The molecule has 40 heavy (non-hydrogen) atoms. The van der Waals surface area contributed by atoms with Crippen molar-refractivity contribution >= 4 is 23.0 Å². The summed E-state index contributed by atoms with van der Waals surface area (Å²) in [6, 6.07) is 14.3. The van der Waals surface area contributed by atoms with Crippen LogP contribution in [0.15, 0.2) is 48.7 Å². The summed E-state index contributed by atoms with van der Waals surface area (Å²) in [7, 11) is 0. The molecule has 8 nitrogen and oxygen atoms in total. The average Bonchev–Trinajstić information content (AvgIpc) is 3.38. The van der Waals surface area contributed by atoms with E-state index in [1.165, 1.54) is 17.5 Å². The number of aromatic nitrogens is 4. The summed E-state index contributed by atoms with van der Waals surface area (Å²) in [4.78, 5) is 32.1. The average molecular weight is 538 g/mol. The summed E-state index contributed by atoms with van der Waals surface area (Å²) in [6.45, 7) is 3.92. The van der Waals surface area contributed by atoms with Gasteiger partial charge in [0.05, 0.1) is 6.42 Å². The van der Waals surface area contributed by atoms with Crippen LogP contribution < -0.4 is 0 Å². The molecule has 2 aromatic heterocycles. The van der Waals surface area contributed by atoms with Crippen molar-refractivity contribution in [3.05, 3.63) is 87.6 Å². The molecule has 0 saturated carbocycles. The van der Waals surface area contributed by atoms with Crippen molar-refractivity contribution in [1.29, 1.82) is 0 Å². The lowest BCUT2D eigenvalue weighted by Gasteiger charge is -2.30. The summed E-state index contributed by atoms with van der Waals surface area (Å²) >= 11 is 0. The molecule has 5 aliphatic heterocycles. The summed E-state index contributed by atoms with van der Waals surface area (Å²) < 4.78 is 1.87. The van der Waals surface area contributed by atoms with Crippen LogP contribution >= 0.6 is 0 Å². The van der Waals surface area contributed by atoms with E-state index in [-0.39, 0.29) is 18.2 Å². The maximum Gasteiger partial charge on any atom is 0.304 e. The molecule has 1 atom stereocenters. The van der Waals surface area contributed by atoms with Gasteiger partial charge in [0, 0.05) is 37.3 Å². The molecule has 5 aliphatic rings. The molecule has 9 bridgehead atoms. The predicted molar refractivity (Wildman–Crippen MR) is 152 cm³/mol. The van der Waals surface area contributed by atoms with Crippen molar-refractivity contribution in [2.75, 3.05) is 6.54 Å². The Morgan fingerprint density at radius 1 is 0.975 bits per heavy atom.